The summed E-state index contributed by atoms with van der Waals surface area (Å²) in [5.74, 6) is 0. The highest BCUT2D eigenvalue weighted by atomic mass is 79.9. The van der Waals surface area contributed by atoms with Gasteiger partial charge in [0.15, 0.2) is 0 Å². The van der Waals surface area contributed by atoms with E-state index in [1.807, 2.05) is 0 Å². The topological polar surface area (TPSA) is 46.2 Å². The van der Waals surface area contributed by atoms with Gasteiger partial charge in [0, 0.05) is 20.9 Å². The first-order valence-electron chi connectivity index (χ1n) is 4.72. The van der Waals surface area contributed by atoms with Gasteiger partial charge in [0.25, 0.3) is 0 Å². The van der Waals surface area contributed by atoms with Crippen LogP contribution in [0.2, 0.25) is 10.0 Å². The van der Waals surface area contributed by atoms with Crippen molar-refractivity contribution in [2.24, 2.45) is 0 Å². The SMILES string of the molecule is CC(C)(CBr)NS(=O)(=O)c1cc(Cl)cc(Cl)c1. The maximum atomic E-state index is 12.1. The zero-order chi connectivity index (χ0) is 13.3. The molecular formula is C10H12BrCl2NO2S. The Morgan fingerprint density at radius 2 is 1.71 bits per heavy atom. The van der Waals surface area contributed by atoms with E-state index in [0.717, 1.165) is 0 Å². The molecule has 0 unspecified atom stereocenters. The molecule has 0 amide bonds. The average Bonchev–Trinajstić information content (AvgIpc) is 2.14. The number of benzene rings is 1. The van der Waals surface area contributed by atoms with Crippen molar-refractivity contribution < 1.29 is 8.42 Å². The molecule has 0 aliphatic heterocycles. The van der Waals surface area contributed by atoms with Gasteiger partial charge < -0.3 is 0 Å². The van der Waals surface area contributed by atoms with Crippen LogP contribution < -0.4 is 4.72 Å². The van der Waals surface area contributed by atoms with Crippen molar-refractivity contribution in [2.45, 2.75) is 24.3 Å². The normalized spacial score (nSPS) is 12.8. The van der Waals surface area contributed by atoms with Crippen molar-refractivity contribution in [3.05, 3.63) is 28.2 Å². The standard InChI is InChI=1S/C10H12BrCl2NO2S/c1-10(2,6-11)14-17(15,16)9-4-7(12)3-8(13)5-9/h3-5,14H,6H2,1-2H3. The van der Waals surface area contributed by atoms with Crippen molar-refractivity contribution >= 4 is 49.2 Å². The van der Waals surface area contributed by atoms with Gasteiger partial charge in [-0.3, -0.25) is 0 Å². The summed E-state index contributed by atoms with van der Waals surface area (Å²) < 4.78 is 26.7. The van der Waals surface area contributed by atoms with E-state index in [-0.39, 0.29) is 14.9 Å². The lowest BCUT2D eigenvalue weighted by Gasteiger charge is -2.23. The first-order chi connectivity index (χ1) is 7.66. The molecule has 96 valence electrons. The molecule has 0 aromatic heterocycles. The van der Waals surface area contributed by atoms with E-state index in [1.54, 1.807) is 13.8 Å². The minimum Gasteiger partial charge on any atom is -0.207 e. The molecule has 0 heterocycles. The van der Waals surface area contributed by atoms with Gasteiger partial charge in [0.1, 0.15) is 0 Å². The van der Waals surface area contributed by atoms with Crippen LogP contribution in [-0.2, 0) is 10.0 Å². The number of sulfonamides is 1. The van der Waals surface area contributed by atoms with Crippen molar-refractivity contribution in [1.82, 2.24) is 4.72 Å². The first-order valence-corrected chi connectivity index (χ1v) is 8.08. The smallest absolute Gasteiger partial charge is 0.207 e. The largest absolute Gasteiger partial charge is 0.241 e. The van der Waals surface area contributed by atoms with Crippen LogP contribution in [0, 0.1) is 0 Å². The van der Waals surface area contributed by atoms with Crippen molar-refractivity contribution in [1.29, 1.82) is 0 Å². The summed E-state index contributed by atoms with van der Waals surface area (Å²) in [6.07, 6.45) is 0. The highest BCUT2D eigenvalue weighted by Gasteiger charge is 2.25. The summed E-state index contributed by atoms with van der Waals surface area (Å²) in [6.45, 7) is 3.54. The molecule has 3 nitrogen and oxygen atoms in total. The fourth-order valence-corrected chi connectivity index (χ4v) is 3.60. The molecule has 1 rings (SSSR count). The second-order valence-electron chi connectivity index (χ2n) is 4.23. The third kappa shape index (κ3) is 4.41. The van der Waals surface area contributed by atoms with Crippen LogP contribution in [0.1, 0.15) is 13.8 Å². The van der Waals surface area contributed by atoms with Crippen LogP contribution in [-0.4, -0.2) is 19.3 Å². The van der Waals surface area contributed by atoms with Crippen LogP contribution in [0.25, 0.3) is 0 Å². The molecular weight excluding hydrogens is 349 g/mol. The van der Waals surface area contributed by atoms with E-state index in [0.29, 0.717) is 5.33 Å². The Morgan fingerprint density at radius 1 is 1.24 bits per heavy atom. The number of hydrogen-bond acceptors (Lipinski definition) is 2. The van der Waals surface area contributed by atoms with E-state index in [9.17, 15) is 8.42 Å². The van der Waals surface area contributed by atoms with Crippen molar-refractivity contribution in [3.63, 3.8) is 0 Å². The van der Waals surface area contributed by atoms with Crippen LogP contribution in [0.4, 0.5) is 0 Å². The predicted molar refractivity (Wildman–Crippen MR) is 74.7 cm³/mol. The molecule has 0 saturated carbocycles. The lowest BCUT2D eigenvalue weighted by molar-refractivity contribution is 0.500. The van der Waals surface area contributed by atoms with Gasteiger partial charge in [0.2, 0.25) is 10.0 Å². The zero-order valence-corrected chi connectivity index (χ0v) is 13.2. The maximum Gasteiger partial charge on any atom is 0.241 e. The third-order valence-corrected chi connectivity index (χ3v) is 5.41. The zero-order valence-electron chi connectivity index (χ0n) is 9.30. The quantitative estimate of drug-likeness (QED) is 0.836. The molecule has 0 bridgehead atoms. The Labute approximate surface area is 120 Å². The summed E-state index contributed by atoms with van der Waals surface area (Å²) in [7, 11) is -3.62. The molecule has 0 spiro atoms. The summed E-state index contributed by atoms with van der Waals surface area (Å²) in [5.41, 5.74) is -0.590. The molecule has 0 atom stereocenters. The summed E-state index contributed by atoms with van der Waals surface area (Å²) in [5, 5.41) is 1.07. The average molecular weight is 361 g/mol. The van der Waals surface area contributed by atoms with E-state index in [2.05, 4.69) is 20.7 Å². The predicted octanol–water partition coefficient (Wildman–Crippen LogP) is 3.45. The first kappa shape index (κ1) is 15.2. The Balaban J connectivity index is 3.14. The van der Waals surface area contributed by atoms with Gasteiger partial charge in [-0.1, -0.05) is 39.1 Å². The Bertz CT molecular complexity index is 497. The van der Waals surface area contributed by atoms with Gasteiger partial charge >= 0.3 is 0 Å². The fourth-order valence-electron chi connectivity index (χ4n) is 1.13. The van der Waals surface area contributed by atoms with E-state index < -0.39 is 15.6 Å². The lowest BCUT2D eigenvalue weighted by atomic mass is 10.1. The van der Waals surface area contributed by atoms with Crippen molar-refractivity contribution in [3.8, 4) is 0 Å². The molecule has 0 radical (unpaired) electrons. The minimum atomic E-state index is -3.62. The second-order valence-corrected chi connectivity index (χ2v) is 7.34. The van der Waals surface area contributed by atoms with Gasteiger partial charge in [-0.15, -0.1) is 0 Å². The highest BCUT2D eigenvalue weighted by molar-refractivity contribution is 9.09. The van der Waals surface area contributed by atoms with E-state index in [1.165, 1.54) is 18.2 Å². The lowest BCUT2D eigenvalue weighted by Crippen LogP contribution is -2.44. The van der Waals surface area contributed by atoms with Gasteiger partial charge in [-0.2, -0.15) is 0 Å². The maximum absolute atomic E-state index is 12.1. The summed E-state index contributed by atoms with van der Waals surface area (Å²) in [4.78, 5) is 0.0593. The monoisotopic (exact) mass is 359 g/mol. The number of nitrogens with one attached hydrogen (secondary N) is 1. The molecule has 0 saturated heterocycles. The Kier molecular flexibility index (Phi) is 4.88. The third-order valence-electron chi connectivity index (χ3n) is 1.89. The van der Waals surface area contributed by atoms with Gasteiger partial charge in [-0.05, 0) is 32.0 Å². The Hall–Kier alpha value is 0.190. The number of halogens is 3. The van der Waals surface area contributed by atoms with Gasteiger partial charge in [-0.25, -0.2) is 13.1 Å². The van der Waals surface area contributed by atoms with E-state index >= 15 is 0 Å². The van der Waals surface area contributed by atoms with Crippen LogP contribution in [0.3, 0.4) is 0 Å². The van der Waals surface area contributed by atoms with Crippen LogP contribution >= 0.6 is 39.1 Å². The molecule has 1 aromatic carbocycles. The Morgan fingerprint density at radius 3 is 2.12 bits per heavy atom. The van der Waals surface area contributed by atoms with E-state index in [4.69, 9.17) is 23.2 Å². The second kappa shape index (κ2) is 5.45. The molecule has 1 aromatic rings. The molecule has 1 N–H and O–H groups in total. The van der Waals surface area contributed by atoms with Gasteiger partial charge in [0.05, 0.1) is 4.90 Å². The summed E-state index contributed by atoms with van der Waals surface area (Å²) >= 11 is 14.8. The molecule has 17 heavy (non-hydrogen) atoms. The summed E-state index contributed by atoms with van der Waals surface area (Å²) in [6, 6.07) is 4.21. The van der Waals surface area contributed by atoms with Crippen LogP contribution in [0.15, 0.2) is 23.1 Å². The van der Waals surface area contributed by atoms with Crippen LogP contribution in [0.5, 0.6) is 0 Å². The fraction of sp³-hybridized carbons (Fsp3) is 0.400. The molecule has 0 fully saturated rings. The van der Waals surface area contributed by atoms with Crippen molar-refractivity contribution in [2.75, 3.05) is 5.33 Å². The number of hydrogen-bond donors (Lipinski definition) is 1. The minimum absolute atomic E-state index is 0.0593. The molecule has 7 heteroatoms. The molecule has 0 aliphatic rings. The highest BCUT2D eigenvalue weighted by Crippen LogP contribution is 2.23. The number of rotatable bonds is 4. The number of alkyl halides is 1. The molecule has 0 aliphatic carbocycles.